The largest absolute Gasteiger partial charge is 0.369 e. The van der Waals surface area contributed by atoms with E-state index in [9.17, 15) is 0 Å². The highest BCUT2D eigenvalue weighted by Crippen LogP contribution is 2.20. The summed E-state index contributed by atoms with van der Waals surface area (Å²) in [6.45, 7) is 6.05. The monoisotopic (exact) mass is 291 g/mol. The van der Waals surface area contributed by atoms with Crippen molar-refractivity contribution in [1.82, 2.24) is 19.9 Å². The predicted octanol–water partition coefficient (Wildman–Crippen LogP) is 1.75. The Kier molecular flexibility index (Phi) is 4.18. The molecule has 1 aliphatic heterocycles. The third kappa shape index (κ3) is 3.29. The molecule has 0 aliphatic carbocycles. The Morgan fingerprint density at radius 1 is 1.00 bits per heavy atom. The number of hydrogen-bond acceptors (Lipinski definition) is 4. The van der Waals surface area contributed by atoms with Gasteiger partial charge in [0.25, 0.3) is 0 Å². The van der Waals surface area contributed by atoms with Crippen molar-refractivity contribution < 1.29 is 0 Å². The van der Waals surface area contributed by atoms with Gasteiger partial charge in [0.15, 0.2) is 0 Å². The Morgan fingerprint density at radius 2 is 1.75 bits per heavy atom. The van der Waals surface area contributed by atoms with Gasteiger partial charge in [-0.15, -0.1) is 0 Å². The van der Waals surface area contributed by atoms with E-state index in [0.717, 1.165) is 44.3 Å². The van der Waals surface area contributed by atoms with Crippen molar-refractivity contribution in [2.45, 2.75) is 6.54 Å². The van der Waals surface area contributed by atoms with Crippen LogP contribution in [0.25, 0.3) is 0 Å². The van der Waals surface area contributed by atoms with Gasteiger partial charge in [0.1, 0.15) is 0 Å². The summed E-state index contributed by atoms with van der Waals surface area (Å²) in [5.74, 6) is 0. The quantitative estimate of drug-likeness (QED) is 0.860. The third-order valence-corrected chi connectivity index (χ3v) is 3.86. The Morgan fingerprint density at radius 3 is 2.45 bits per heavy atom. The number of piperazine rings is 1. The number of aromatic nitrogens is 3. The summed E-state index contributed by atoms with van der Waals surface area (Å²) in [7, 11) is 0. The van der Waals surface area contributed by atoms with Crippen molar-refractivity contribution in [3.63, 3.8) is 0 Å². The molecule has 0 saturated carbocycles. The Hall–Kier alpha value is -1.59. The van der Waals surface area contributed by atoms with E-state index in [1.165, 1.54) is 5.69 Å². The van der Waals surface area contributed by atoms with Gasteiger partial charge in [-0.25, -0.2) is 0 Å². The van der Waals surface area contributed by atoms with Crippen molar-refractivity contribution in [3.05, 3.63) is 41.7 Å². The number of halogens is 1. The van der Waals surface area contributed by atoms with Crippen LogP contribution in [0.3, 0.4) is 0 Å². The van der Waals surface area contributed by atoms with Crippen molar-refractivity contribution in [3.8, 4) is 0 Å². The molecule has 0 spiro atoms. The van der Waals surface area contributed by atoms with Gasteiger partial charge in [0, 0.05) is 43.4 Å². The summed E-state index contributed by atoms with van der Waals surface area (Å²) in [4.78, 5) is 6.57. The van der Waals surface area contributed by atoms with E-state index in [2.05, 4.69) is 26.1 Å². The molecule has 0 radical (unpaired) electrons. The molecule has 2 aromatic rings. The molecule has 5 nitrogen and oxygen atoms in total. The van der Waals surface area contributed by atoms with Gasteiger partial charge in [-0.3, -0.25) is 4.90 Å². The summed E-state index contributed by atoms with van der Waals surface area (Å²) in [5, 5.41) is 9.05. The highest BCUT2D eigenvalue weighted by atomic mass is 35.5. The van der Waals surface area contributed by atoms with E-state index in [4.69, 9.17) is 11.6 Å². The Labute approximate surface area is 123 Å². The summed E-state index contributed by atoms with van der Waals surface area (Å²) in [6, 6.07) is 8.08. The molecule has 1 saturated heterocycles. The lowest BCUT2D eigenvalue weighted by molar-refractivity contribution is 0.239. The molecule has 20 heavy (non-hydrogen) atoms. The lowest BCUT2D eigenvalue weighted by Gasteiger charge is -2.36. The van der Waals surface area contributed by atoms with E-state index in [-0.39, 0.29) is 0 Å². The number of benzene rings is 1. The first-order chi connectivity index (χ1) is 9.81. The number of hydrogen-bond donors (Lipinski definition) is 0. The number of rotatable bonds is 4. The molecule has 6 heteroatoms. The summed E-state index contributed by atoms with van der Waals surface area (Å²) in [5.41, 5.74) is 1.21. The van der Waals surface area contributed by atoms with Crippen LogP contribution in [0.4, 0.5) is 5.69 Å². The van der Waals surface area contributed by atoms with Gasteiger partial charge >= 0.3 is 0 Å². The van der Waals surface area contributed by atoms with Gasteiger partial charge in [-0.2, -0.15) is 15.0 Å². The van der Waals surface area contributed by atoms with Crippen LogP contribution in [0.1, 0.15) is 0 Å². The van der Waals surface area contributed by atoms with E-state index in [1.807, 2.05) is 18.2 Å². The summed E-state index contributed by atoms with van der Waals surface area (Å²) < 4.78 is 0. The predicted molar refractivity (Wildman–Crippen MR) is 80.1 cm³/mol. The van der Waals surface area contributed by atoms with E-state index in [1.54, 1.807) is 17.2 Å². The lowest BCUT2D eigenvalue weighted by Crippen LogP contribution is -2.47. The fourth-order valence-electron chi connectivity index (χ4n) is 2.49. The summed E-state index contributed by atoms with van der Waals surface area (Å²) >= 11 is 6.05. The first-order valence-electron chi connectivity index (χ1n) is 6.88. The fourth-order valence-corrected chi connectivity index (χ4v) is 2.68. The molecule has 0 unspecified atom stereocenters. The van der Waals surface area contributed by atoms with Gasteiger partial charge < -0.3 is 4.90 Å². The first-order valence-corrected chi connectivity index (χ1v) is 7.26. The maximum Gasteiger partial charge on any atom is 0.0734 e. The van der Waals surface area contributed by atoms with Crippen LogP contribution in [0.2, 0.25) is 5.02 Å². The topological polar surface area (TPSA) is 37.2 Å². The molecule has 0 atom stereocenters. The SMILES string of the molecule is Clc1cccc(N2CCN(CCn3nccn3)CC2)c1. The van der Waals surface area contributed by atoms with Crippen LogP contribution < -0.4 is 4.90 Å². The average Bonchev–Trinajstić information content (AvgIpc) is 2.99. The van der Waals surface area contributed by atoms with Gasteiger partial charge in [0.05, 0.1) is 18.9 Å². The van der Waals surface area contributed by atoms with Crippen LogP contribution in [-0.4, -0.2) is 52.6 Å². The minimum atomic E-state index is 0.801. The van der Waals surface area contributed by atoms with Crippen molar-refractivity contribution in [2.24, 2.45) is 0 Å². The number of anilines is 1. The minimum absolute atomic E-state index is 0.801. The molecular weight excluding hydrogens is 274 g/mol. The molecule has 0 bridgehead atoms. The molecule has 1 aromatic heterocycles. The van der Waals surface area contributed by atoms with E-state index in [0.29, 0.717) is 0 Å². The maximum atomic E-state index is 6.05. The molecule has 1 aliphatic rings. The highest BCUT2D eigenvalue weighted by molar-refractivity contribution is 6.30. The molecule has 0 N–H and O–H groups in total. The zero-order chi connectivity index (χ0) is 13.8. The lowest BCUT2D eigenvalue weighted by atomic mass is 10.2. The molecule has 2 heterocycles. The van der Waals surface area contributed by atoms with E-state index < -0.39 is 0 Å². The zero-order valence-electron chi connectivity index (χ0n) is 11.3. The molecule has 1 aromatic carbocycles. The zero-order valence-corrected chi connectivity index (χ0v) is 12.1. The smallest absolute Gasteiger partial charge is 0.0734 e. The molecule has 0 amide bonds. The Bertz CT molecular complexity index is 534. The number of nitrogens with zero attached hydrogens (tertiary/aromatic N) is 5. The summed E-state index contributed by atoms with van der Waals surface area (Å²) in [6.07, 6.45) is 3.44. The van der Waals surface area contributed by atoms with Crippen molar-refractivity contribution in [2.75, 3.05) is 37.6 Å². The van der Waals surface area contributed by atoms with E-state index >= 15 is 0 Å². The Balaban J connectivity index is 1.49. The second-order valence-electron chi connectivity index (χ2n) is 4.93. The molecule has 3 rings (SSSR count). The second-order valence-corrected chi connectivity index (χ2v) is 5.37. The fraction of sp³-hybridized carbons (Fsp3) is 0.429. The molecular formula is C14H18ClN5. The molecule has 1 fully saturated rings. The first kappa shape index (κ1) is 13.4. The van der Waals surface area contributed by atoms with Crippen molar-refractivity contribution >= 4 is 17.3 Å². The highest BCUT2D eigenvalue weighted by Gasteiger charge is 2.17. The van der Waals surface area contributed by atoms with Crippen LogP contribution >= 0.6 is 11.6 Å². The van der Waals surface area contributed by atoms with Gasteiger partial charge in [0.2, 0.25) is 0 Å². The van der Waals surface area contributed by atoms with Crippen LogP contribution in [0.5, 0.6) is 0 Å². The van der Waals surface area contributed by atoms with Gasteiger partial charge in [-0.05, 0) is 18.2 Å². The second kappa shape index (κ2) is 6.24. The maximum absolute atomic E-state index is 6.05. The molecule has 106 valence electrons. The standard InChI is InChI=1S/C14H18ClN5/c15-13-2-1-3-14(12-13)19-9-6-18(7-10-19)8-11-20-16-4-5-17-20/h1-5,12H,6-11H2. The van der Waals surface area contributed by atoms with Crippen LogP contribution in [0, 0.1) is 0 Å². The van der Waals surface area contributed by atoms with Gasteiger partial charge in [-0.1, -0.05) is 17.7 Å². The third-order valence-electron chi connectivity index (χ3n) is 3.63. The average molecular weight is 292 g/mol. The van der Waals surface area contributed by atoms with Crippen LogP contribution in [-0.2, 0) is 6.54 Å². The normalized spacial score (nSPS) is 16.6. The van der Waals surface area contributed by atoms with Crippen LogP contribution in [0.15, 0.2) is 36.7 Å². The minimum Gasteiger partial charge on any atom is -0.369 e. The van der Waals surface area contributed by atoms with Crippen molar-refractivity contribution in [1.29, 1.82) is 0 Å².